The Bertz CT molecular complexity index is 1080. The third-order valence-corrected chi connectivity index (χ3v) is 6.48. The molecule has 2 amide bonds. The quantitative estimate of drug-likeness (QED) is 0.487. The van der Waals surface area contributed by atoms with Crippen LogP contribution >= 0.6 is 0 Å². The Balaban J connectivity index is 2.35. The van der Waals surface area contributed by atoms with Crippen LogP contribution in [0.15, 0.2) is 48.5 Å². The van der Waals surface area contributed by atoms with Crippen molar-refractivity contribution >= 4 is 27.5 Å². The molecule has 34 heavy (non-hydrogen) atoms. The molecule has 1 atom stereocenters. The fourth-order valence-electron chi connectivity index (χ4n) is 3.49. The second kappa shape index (κ2) is 12.3. The summed E-state index contributed by atoms with van der Waals surface area (Å²) in [7, 11) is -0.909. The topological polar surface area (TPSA) is 105 Å². The highest BCUT2D eigenvalue weighted by molar-refractivity contribution is 7.92. The van der Waals surface area contributed by atoms with Gasteiger partial charge in [-0.3, -0.25) is 13.9 Å². The largest absolute Gasteiger partial charge is 0.493 e. The number of carbonyl (C=O) groups is 2. The van der Waals surface area contributed by atoms with Gasteiger partial charge >= 0.3 is 0 Å². The van der Waals surface area contributed by atoms with Gasteiger partial charge in [0.05, 0.1) is 26.2 Å². The van der Waals surface area contributed by atoms with Crippen molar-refractivity contribution in [2.24, 2.45) is 0 Å². The van der Waals surface area contributed by atoms with Crippen LogP contribution in [0.1, 0.15) is 19.4 Å². The van der Waals surface area contributed by atoms with Gasteiger partial charge in [-0.05, 0) is 38.0 Å². The number of benzene rings is 2. The van der Waals surface area contributed by atoms with Crippen molar-refractivity contribution in [2.75, 3.05) is 44.4 Å². The standard InChI is InChI=1S/C24H33N3O6S/c1-6-25-24(29)18(2)26(15-14-19-10-8-7-9-11-19)23(28)17-27(34(5,30)31)20-12-13-21(32-3)22(16-20)33-4/h7-13,16,18H,6,14-15,17H2,1-5H3,(H,25,29). The van der Waals surface area contributed by atoms with E-state index in [0.29, 0.717) is 24.5 Å². The molecule has 9 nitrogen and oxygen atoms in total. The molecule has 0 aromatic heterocycles. The van der Waals surface area contributed by atoms with Crippen LogP contribution < -0.4 is 19.1 Å². The van der Waals surface area contributed by atoms with Crippen molar-refractivity contribution in [3.8, 4) is 11.5 Å². The van der Waals surface area contributed by atoms with Gasteiger partial charge in [0.25, 0.3) is 0 Å². The molecule has 0 saturated carbocycles. The number of likely N-dealkylation sites (N-methyl/N-ethyl adjacent to an activating group) is 1. The number of amides is 2. The van der Waals surface area contributed by atoms with Crippen LogP contribution in [-0.4, -0.2) is 71.3 Å². The predicted molar refractivity (Wildman–Crippen MR) is 132 cm³/mol. The number of sulfonamides is 1. The summed E-state index contributed by atoms with van der Waals surface area (Å²) < 4.78 is 36.8. The maximum Gasteiger partial charge on any atom is 0.244 e. The summed E-state index contributed by atoms with van der Waals surface area (Å²) in [5.74, 6) is -0.0334. The first-order valence-corrected chi connectivity index (χ1v) is 12.8. The molecule has 0 saturated heterocycles. The summed E-state index contributed by atoms with van der Waals surface area (Å²) in [6.45, 7) is 3.64. The van der Waals surface area contributed by atoms with E-state index in [1.807, 2.05) is 30.3 Å². The van der Waals surface area contributed by atoms with Gasteiger partial charge in [0.1, 0.15) is 12.6 Å². The van der Waals surface area contributed by atoms with Gasteiger partial charge in [-0.15, -0.1) is 0 Å². The Morgan fingerprint density at radius 2 is 1.68 bits per heavy atom. The maximum atomic E-state index is 13.4. The predicted octanol–water partition coefficient (Wildman–Crippen LogP) is 2.07. The van der Waals surface area contributed by atoms with Gasteiger partial charge in [0.2, 0.25) is 21.8 Å². The molecular weight excluding hydrogens is 458 g/mol. The number of hydrogen-bond acceptors (Lipinski definition) is 6. The Labute approximate surface area is 201 Å². The van der Waals surface area contributed by atoms with Crippen LogP contribution in [0.2, 0.25) is 0 Å². The zero-order chi connectivity index (χ0) is 25.3. The third-order valence-electron chi connectivity index (χ3n) is 5.34. The molecule has 0 aliphatic heterocycles. The first-order chi connectivity index (χ1) is 16.1. The summed E-state index contributed by atoms with van der Waals surface area (Å²) in [5, 5.41) is 2.73. The SMILES string of the molecule is CCNC(=O)C(C)N(CCc1ccccc1)C(=O)CN(c1ccc(OC)c(OC)c1)S(C)(=O)=O. The Morgan fingerprint density at radius 3 is 2.24 bits per heavy atom. The number of hydrogen-bond donors (Lipinski definition) is 1. The minimum Gasteiger partial charge on any atom is -0.493 e. The third kappa shape index (κ3) is 7.11. The summed E-state index contributed by atoms with van der Waals surface area (Å²) in [6, 6.07) is 13.4. The molecule has 1 unspecified atom stereocenters. The van der Waals surface area contributed by atoms with Crippen molar-refractivity contribution in [2.45, 2.75) is 26.3 Å². The second-order valence-electron chi connectivity index (χ2n) is 7.70. The number of ether oxygens (including phenoxy) is 2. The first-order valence-electron chi connectivity index (χ1n) is 10.9. The zero-order valence-electron chi connectivity index (χ0n) is 20.3. The van der Waals surface area contributed by atoms with Crippen molar-refractivity contribution in [1.82, 2.24) is 10.2 Å². The molecule has 2 rings (SSSR count). The normalized spacial score (nSPS) is 11.9. The number of nitrogens with one attached hydrogen (secondary N) is 1. The van der Waals surface area contributed by atoms with E-state index < -0.39 is 28.5 Å². The van der Waals surface area contributed by atoms with E-state index in [0.717, 1.165) is 16.1 Å². The molecule has 0 radical (unpaired) electrons. The molecule has 0 bridgehead atoms. The van der Waals surface area contributed by atoms with Gasteiger partial charge < -0.3 is 19.7 Å². The van der Waals surface area contributed by atoms with Gasteiger partial charge in [-0.2, -0.15) is 0 Å². The zero-order valence-corrected chi connectivity index (χ0v) is 21.1. The lowest BCUT2D eigenvalue weighted by Gasteiger charge is -2.31. The summed E-state index contributed by atoms with van der Waals surface area (Å²) in [6.07, 6.45) is 1.55. The number of rotatable bonds is 12. The highest BCUT2D eigenvalue weighted by Gasteiger charge is 2.30. The Morgan fingerprint density at radius 1 is 1.03 bits per heavy atom. The van der Waals surface area contributed by atoms with Crippen LogP contribution in [0.4, 0.5) is 5.69 Å². The minimum atomic E-state index is -3.83. The highest BCUT2D eigenvalue weighted by atomic mass is 32.2. The van der Waals surface area contributed by atoms with Crippen LogP contribution in [0, 0.1) is 0 Å². The fraction of sp³-hybridized carbons (Fsp3) is 0.417. The Hall–Kier alpha value is -3.27. The van der Waals surface area contributed by atoms with Gasteiger partial charge in [-0.25, -0.2) is 8.42 Å². The van der Waals surface area contributed by atoms with E-state index in [-0.39, 0.29) is 18.1 Å². The van der Waals surface area contributed by atoms with E-state index in [9.17, 15) is 18.0 Å². The maximum absolute atomic E-state index is 13.4. The molecule has 1 N–H and O–H groups in total. The number of nitrogens with zero attached hydrogens (tertiary/aromatic N) is 2. The molecule has 2 aromatic rings. The van der Waals surface area contributed by atoms with E-state index in [1.54, 1.807) is 19.9 Å². The van der Waals surface area contributed by atoms with Crippen molar-refractivity contribution < 1.29 is 27.5 Å². The fourth-order valence-corrected chi connectivity index (χ4v) is 4.33. The monoisotopic (exact) mass is 491 g/mol. The second-order valence-corrected chi connectivity index (χ2v) is 9.61. The average Bonchev–Trinajstić information content (AvgIpc) is 2.82. The smallest absolute Gasteiger partial charge is 0.244 e. The van der Waals surface area contributed by atoms with E-state index >= 15 is 0 Å². The van der Waals surface area contributed by atoms with Crippen molar-refractivity contribution in [3.05, 3.63) is 54.1 Å². The van der Waals surface area contributed by atoms with Crippen LogP contribution in [-0.2, 0) is 26.0 Å². The lowest BCUT2D eigenvalue weighted by molar-refractivity contribution is -0.138. The van der Waals surface area contributed by atoms with Crippen molar-refractivity contribution in [1.29, 1.82) is 0 Å². The Kier molecular flexibility index (Phi) is 9.73. The molecule has 0 aliphatic rings. The summed E-state index contributed by atoms with van der Waals surface area (Å²) in [4.78, 5) is 27.4. The molecule has 2 aromatic carbocycles. The minimum absolute atomic E-state index is 0.252. The average molecular weight is 492 g/mol. The number of anilines is 1. The summed E-state index contributed by atoms with van der Waals surface area (Å²) in [5.41, 5.74) is 1.26. The molecule has 10 heteroatoms. The number of methoxy groups -OCH3 is 2. The van der Waals surface area contributed by atoms with E-state index in [1.165, 1.54) is 31.3 Å². The van der Waals surface area contributed by atoms with E-state index in [4.69, 9.17) is 9.47 Å². The number of carbonyl (C=O) groups excluding carboxylic acids is 2. The van der Waals surface area contributed by atoms with Gasteiger partial charge in [0, 0.05) is 19.2 Å². The molecule has 0 spiro atoms. The van der Waals surface area contributed by atoms with Crippen LogP contribution in [0.3, 0.4) is 0 Å². The molecule has 0 aliphatic carbocycles. The van der Waals surface area contributed by atoms with Crippen LogP contribution in [0.5, 0.6) is 11.5 Å². The highest BCUT2D eigenvalue weighted by Crippen LogP contribution is 2.32. The van der Waals surface area contributed by atoms with Gasteiger partial charge in [-0.1, -0.05) is 30.3 Å². The molecule has 186 valence electrons. The van der Waals surface area contributed by atoms with Crippen molar-refractivity contribution in [3.63, 3.8) is 0 Å². The van der Waals surface area contributed by atoms with E-state index in [2.05, 4.69) is 5.32 Å². The molecular formula is C24H33N3O6S. The molecule has 0 fully saturated rings. The van der Waals surface area contributed by atoms with Crippen LogP contribution in [0.25, 0.3) is 0 Å². The first kappa shape index (κ1) is 27.0. The van der Waals surface area contributed by atoms with Gasteiger partial charge in [0.15, 0.2) is 11.5 Å². The lowest BCUT2D eigenvalue weighted by Crippen LogP contribution is -2.52. The summed E-state index contributed by atoms with van der Waals surface area (Å²) >= 11 is 0. The molecule has 0 heterocycles. The lowest BCUT2D eigenvalue weighted by atomic mass is 10.1.